The van der Waals surface area contributed by atoms with Crippen molar-refractivity contribution in [2.75, 3.05) is 9.80 Å². The molecular weight excluding hydrogens is 872 g/mol. The molecule has 4 heteroatoms. The van der Waals surface area contributed by atoms with Crippen LogP contribution in [-0.2, 0) is 0 Å². The largest absolute Gasteiger partial charge is 0.312 e. The summed E-state index contributed by atoms with van der Waals surface area (Å²) in [6.45, 7) is 6.92. The lowest BCUT2D eigenvalue weighted by atomic mass is 9.34. The molecular formula is C67H49BN2Si. The first-order valence-corrected chi connectivity index (χ1v) is 27.0. The number of anilines is 6. The van der Waals surface area contributed by atoms with Gasteiger partial charge < -0.3 is 9.80 Å². The summed E-state index contributed by atoms with van der Waals surface area (Å²) in [5, 5.41) is 13.2. The molecule has 0 aliphatic carbocycles. The lowest BCUT2D eigenvalue weighted by Gasteiger charge is -2.49. The highest BCUT2D eigenvalue weighted by molar-refractivity contribution is 7.22. The maximum atomic E-state index is 2.66. The first-order chi connectivity index (χ1) is 35.0. The van der Waals surface area contributed by atoms with Gasteiger partial charge in [0.05, 0.1) is 5.69 Å². The third-order valence-corrected chi connectivity index (χ3v) is 20.6. The molecule has 0 N–H and O–H groups in total. The molecule has 2 nitrogen and oxygen atoms in total. The van der Waals surface area contributed by atoms with Gasteiger partial charge in [-0.05, 0) is 133 Å². The smallest absolute Gasteiger partial charge is 0.247 e. The zero-order valence-corrected chi connectivity index (χ0v) is 41.1. The van der Waals surface area contributed by atoms with E-state index < -0.39 is 8.07 Å². The fraction of sp³-hybridized carbons (Fsp3) is 0.0448. The minimum absolute atomic E-state index is 0.0724. The Labute approximate surface area is 417 Å². The molecule has 2 aliphatic heterocycles. The van der Waals surface area contributed by atoms with Gasteiger partial charge in [0.15, 0.2) is 8.07 Å². The van der Waals surface area contributed by atoms with Crippen molar-refractivity contribution >= 4 is 118 Å². The molecule has 2 heterocycles. The van der Waals surface area contributed by atoms with E-state index in [1.165, 1.54) is 120 Å². The highest BCUT2D eigenvalue weighted by Gasteiger charge is 2.52. The normalized spacial score (nSPS) is 13.3. The molecule has 0 spiro atoms. The summed E-state index contributed by atoms with van der Waals surface area (Å²) in [6.07, 6.45) is 0. The van der Waals surface area contributed by atoms with Gasteiger partial charge in [-0.1, -0.05) is 222 Å². The van der Waals surface area contributed by atoms with Crippen molar-refractivity contribution in [3.05, 3.63) is 259 Å². The molecule has 0 fully saturated rings. The van der Waals surface area contributed by atoms with E-state index >= 15 is 0 Å². The topological polar surface area (TPSA) is 6.48 Å². The Morgan fingerprint density at radius 1 is 0.423 bits per heavy atom. The molecule has 0 radical (unpaired) electrons. The van der Waals surface area contributed by atoms with E-state index in [-0.39, 0.29) is 6.71 Å². The van der Waals surface area contributed by atoms with Crippen LogP contribution in [-0.4, -0.2) is 14.8 Å². The van der Waals surface area contributed by atoms with Crippen molar-refractivity contribution < 1.29 is 0 Å². The van der Waals surface area contributed by atoms with E-state index in [2.05, 4.69) is 273 Å². The molecule has 0 unspecified atom stereocenters. The van der Waals surface area contributed by atoms with Crippen molar-refractivity contribution in [2.45, 2.75) is 20.8 Å². The van der Waals surface area contributed by atoms with Crippen LogP contribution in [0.1, 0.15) is 16.7 Å². The minimum atomic E-state index is -2.97. The molecule has 2 aliphatic rings. The predicted octanol–water partition coefficient (Wildman–Crippen LogP) is 12.6. The van der Waals surface area contributed by atoms with Gasteiger partial charge in [-0.25, -0.2) is 0 Å². The van der Waals surface area contributed by atoms with E-state index in [1.807, 2.05) is 0 Å². The van der Waals surface area contributed by atoms with Crippen molar-refractivity contribution in [2.24, 2.45) is 0 Å². The molecule has 0 bridgehead atoms. The van der Waals surface area contributed by atoms with Crippen molar-refractivity contribution in [1.82, 2.24) is 0 Å². The molecule has 0 aromatic heterocycles. The average Bonchev–Trinajstić information content (AvgIpc) is 3.42. The number of para-hydroxylation sites is 4. The Hall–Kier alpha value is -8.44. The summed E-state index contributed by atoms with van der Waals surface area (Å²) in [5.74, 6) is 0. The van der Waals surface area contributed by atoms with Gasteiger partial charge in [0, 0.05) is 33.8 Å². The lowest BCUT2D eigenvalue weighted by Crippen LogP contribution is -2.78. The molecule has 14 rings (SSSR count). The predicted molar refractivity (Wildman–Crippen MR) is 307 cm³/mol. The highest BCUT2D eigenvalue weighted by atomic mass is 28.3. The van der Waals surface area contributed by atoms with Crippen LogP contribution < -0.4 is 46.9 Å². The lowest BCUT2D eigenvalue weighted by molar-refractivity contribution is 1.30. The highest BCUT2D eigenvalue weighted by Crippen LogP contribution is 2.47. The number of benzene rings is 12. The summed E-state index contributed by atoms with van der Waals surface area (Å²) in [6, 6.07) is 91.9. The second-order valence-corrected chi connectivity index (χ2v) is 23.5. The number of aryl methyl sites for hydroxylation is 3. The van der Waals surface area contributed by atoms with Gasteiger partial charge in [0.1, 0.15) is 0 Å². The van der Waals surface area contributed by atoms with Crippen molar-refractivity contribution in [3.8, 4) is 11.1 Å². The van der Waals surface area contributed by atoms with Gasteiger partial charge >= 0.3 is 0 Å². The van der Waals surface area contributed by atoms with Gasteiger partial charge in [0.2, 0.25) is 6.71 Å². The number of hydrogen-bond donors (Lipinski definition) is 0. The number of fused-ring (bicyclic) bond motifs is 4. The van der Waals surface area contributed by atoms with Gasteiger partial charge in [-0.15, -0.1) is 0 Å². The second-order valence-electron chi connectivity index (χ2n) is 19.7. The quantitative estimate of drug-likeness (QED) is 0.116. The summed E-state index contributed by atoms with van der Waals surface area (Å²) >= 11 is 0. The Bertz CT molecular complexity index is 3940. The van der Waals surface area contributed by atoms with Crippen LogP contribution >= 0.6 is 0 Å². The van der Waals surface area contributed by atoms with E-state index in [9.17, 15) is 0 Å². The molecule has 0 amide bonds. The molecule has 0 saturated heterocycles. The number of hydrogen-bond acceptors (Lipinski definition) is 2. The maximum absolute atomic E-state index is 2.97. The summed E-state index contributed by atoms with van der Waals surface area (Å²) in [5.41, 5.74) is 17.9. The molecule has 0 atom stereocenters. The van der Waals surface area contributed by atoms with Gasteiger partial charge in [-0.3, -0.25) is 0 Å². The van der Waals surface area contributed by atoms with Crippen LogP contribution in [0.2, 0.25) is 0 Å². The summed E-state index contributed by atoms with van der Waals surface area (Å²) in [7, 11) is -2.97. The molecule has 12 aromatic rings. The molecule has 0 saturated carbocycles. The van der Waals surface area contributed by atoms with Crippen LogP contribution in [0, 0.1) is 20.8 Å². The van der Waals surface area contributed by atoms with Crippen LogP contribution in [0.3, 0.4) is 0 Å². The Kier molecular flexibility index (Phi) is 9.39. The molecule has 334 valence electrons. The van der Waals surface area contributed by atoms with Gasteiger partial charge in [0.25, 0.3) is 0 Å². The SMILES string of the molecule is Cc1cc(C)c(B2c3ccccc3N3c4cc(-c5ccc6ccc7c(N(c8ccccc8)c8ccccc8)ccc8ccc5c6c87)ccc4[Si](c4ccccc4)(c4ccccc4)c4cccc2c43)c(C)c1. The standard InChI is InChI=1S/C67H49BN2Si/c1-44-41-45(2)66(46(3)42-44)68-57-27-16-17-29-60(57)70-61-43-49(35-40-62(61)71(52-23-12-6-13-24-52,53-25-14-7-15-26-53)63-30-18-28-58(68)67(63)70)54-36-31-47-33-38-56-59(39-34-48-32-37-55(54)64(47)65(48)56)69(50-19-8-4-9-20-50)51-21-10-5-11-22-51/h4-43H,1-3H3. The van der Waals surface area contributed by atoms with E-state index in [1.54, 1.807) is 0 Å². The third kappa shape index (κ3) is 6.08. The second kappa shape index (κ2) is 16.1. The first-order valence-electron chi connectivity index (χ1n) is 25.0. The van der Waals surface area contributed by atoms with Crippen LogP contribution in [0.25, 0.3) is 43.4 Å². The third-order valence-electron chi connectivity index (χ3n) is 15.8. The minimum Gasteiger partial charge on any atom is -0.312 e. The summed E-state index contributed by atoms with van der Waals surface area (Å²) < 4.78 is 0. The van der Waals surface area contributed by atoms with Crippen LogP contribution in [0.5, 0.6) is 0 Å². The molecule has 71 heavy (non-hydrogen) atoms. The average molecular weight is 921 g/mol. The number of rotatable bonds is 7. The summed E-state index contributed by atoms with van der Waals surface area (Å²) in [4.78, 5) is 5.07. The molecule has 12 aromatic carbocycles. The Morgan fingerprint density at radius 2 is 0.972 bits per heavy atom. The Morgan fingerprint density at radius 3 is 1.63 bits per heavy atom. The van der Waals surface area contributed by atoms with Crippen LogP contribution in [0.15, 0.2) is 243 Å². The number of nitrogens with zero attached hydrogens (tertiary/aromatic N) is 2. The maximum Gasteiger partial charge on any atom is 0.247 e. The van der Waals surface area contributed by atoms with Gasteiger partial charge in [-0.2, -0.15) is 0 Å². The van der Waals surface area contributed by atoms with E-state index in [0.717, 1.165) is 11.4 Å². The van der Waals surface area contributed by atoms with Crippen molar-refractivity contribution in [3.63, 3.8) is 0 Å². The van der Waals surface area contributed by atoms with Crippen molar-refractivity contribution in [1.29, 1.82) is 0 Å². The first kappa shape index (κ1) is 41.5. The fourth-order valence-electron chi connectivity index (χ4n) is 13.1. The Balaban J connectivity index is 1.05. The fourth-order valence-corrected chi connectivity index (χ4v) is 18.2. The van der Waals surface area contributed by atoms with E-state index in [0.29, 0.717) is 0 Å². The zero-order valence-electron chi connectivity index (χ0n) is 40.1. The monoisotopic (exact) mass is 920 g/mol. The van der Waals surface area contributed by atoms with E-state index in [4.69, 9.17) is 0 Å². The van der Waals surface area contributed by atoms with Crippen LogP contribution in [0.4, 0.5) is 34.1 Å². The zero-order chi connectivity index (χ0) is 47.4.